The molecule has 0 N–H and O–H groups in total. The first kappa shape index (κ1) is 10.1. The van der Waals surface area contributed by atoms with Crippen LogP contribution in [0.25, 0.3) is 0 Å². The third-order valence-corrected chi connectivity index (χ3v) is 3.32. The highest BCUT2D eigenvalue weighted by Crippen LogP contribution is 2.52. The first-order chi connectivity index (χ1) is 4.18. The third kappa shape index (κ3) is 3.75. The van der Waals surface area contributed by atoms with Gasteiger partial charge in [0, 0.05) is 0 Å². The minimum Gasteiger partial charge on any atom is -0.286 e. The molecule has 4 nitrogen and oxygen atoms in total. The van der Waals surface area contributed by atoms with Gasteiger partial charge >= 0.3 is 7.82 Å². The second-order valence-corrected chi connectivity index (χ2v) is 4.03. The molecule has 9 heavy (non-hydrogen) atoms. The van der Waals surface area contributed by atoms with Gasteiger partial charge in [0.25, 0.3) is 0 Å². The molecule has 0 bridgehead atoms. The van der Waals surface area contributed by atoms with Crippen LogP contribution in [-0.4, -0.2) is 6.61 Å². The molecule has 0 heterocycles. The molecular weight excluding hydrogens is 281 g/mol. The maximum Gasteiger partial charge on any atom is 0.500 e. The lowest BCUT2D eigenvalue weighted by Crippen LogP contribution is -1.87. The molecule has 0 fully saturated rings. The Morgan fingerprint density at radius 1 is 1.78 bits per heavy atom. The van der Waals surface area contributed by atoms with Gasteiger partial charge in [-0.25, -0.2) is 7.42 Å². The molecule has 0 saturated heterocycles. The summed E-state index contributed by atoms with van der Waals surface area (Å²) in [6, 6.07) is 0. The van der Waals surface area contributed by atoms with Gasteiger partial charge in [-0.1, -0.05) is 0 Å². The SMILES string of the molecule is CCOP(=O)(OCl)OI. The van der Waals surface area contributed by atoms with Crippen molar-refractivity contribution in [2.75, 3.05) is 6.61 Å². The molecule has 0 rings (SSSR count). The fourth-order valence-corrected chi connectivity index (χ4v) is 1.70. The van der Waals surface area contributed by atoms with Crippen LogP contribution in [0.2, 0.25) is 0 Å². The van der Waals surface area contributed by atoms with E-state index in [2.05, 4.69) is 11.5 Å². The van der Waals surface area contributed by atoms with Gasteiger partial charge in [0.05, 0.1) is 18.5 Å². The van der Waals surface area contributed by atoms with Crippen LogP contribution in [0, 0.1) is 0 Å². The predicted octanol–water partition coefficient (Wildman–Crippen LogP) is 2.67. The van der Waals surface area contributed by atoms with Gasteiger partial charge in [0.2, 0.25) is 0 Å². The first-order valence-corrected chi connectivity index (χ1v) is 4.68. The van der Waals surface area contributed by atoms with Gasteiger partial charge in [-0.2, -0.15) is 4.08 Å². The Bertz CT molecular complexity index is 111. The summed E-state index contributed by atoms with van der Waals surface area (Å²) in [5, 5.41) is 0. The molecule has 56 valence electrons. The zero-order valence-corrected chi connectivity index (χ0v) is 8.35. The van der Waals surface area contributed by atoms with Crippen molar-refractivity contribution >= 4 is 42.7 Å². The van der Waals surface area contributed by atoms with Crippen molar-refractivity contribution in [3.05, 3.63) is 0 Å². The summed E-state index contributed by atoms with van der Waals surface area (Å²) in [5.74, 6) is 0. The Morgan fingerprint density at radius 2 is 2.33 bits per heavy atom. The van der Waals surface area contributed by atoms with Crippen molar-refractivity contribution in [2.24, 2.45) is 0 Å². The van der Waals surface area contributed by atoms with Crippen LogP contribution in [0.5, 0.6) is 0 Å². The van der Waals surface area contributed by atoms with E-state index >= 15 is 0 Å². The maximum atomic E-state index is 10.7. The van der Waals surface area contributed by atoms with Crippen LogP contribution >= 0.6 is 42.7 Å². The summed E-state index contributed by atoms with van der Waals surface area (Å²) in [6.45, 7) is 1.88. The normalized spacial score (nSPS) is 17.2. The molecule has 0 aromatic heterocycles. The van der Waals surface area contributed by atoms with Gasteiger partial charge in [0.15, 0.2) is 0 Å². The maximum absolute atomic E-state index is 10.7. The highest BCUT2D eigenvalue weighted by Gasteiger charge is 2.24. The largest absolute Gasteiger partial charge is 0.500 e. The van der Waals surface area contributed by atoms with E-state index in [4.69, 9.17) is 11.9 Å². The van der Waals surface area contributed by atoms with E-state index in [9.17, 15) is 4.57 Å². The fraction of sp³-hybridized carbons (Fsp3) is 1.00. The van der Waals surface area contributed by atoms with E-state index in [0.717, 1.165) is 0 Å². The minimum atomic E-state index is -3.43. The van der Waals surface area contributed by atoms with Gasteiger partial charge in [-0.15, -0.1) is 0 Å². The predicted molar refractivity (Wildman–Crippen MR) is 41.3 cm³/mol. The van der Waals surface area contributed by atoms with E-state index < -0.39 is 7.82 Å². The van der Waals surface area contributed by atoms with Crippen LogP contribution in [0.1, 0.15) is 6.92 Å². The van der Waals surface area contributed by atoms with Crippen molar-refractivity contribution in [1.82, 2.24) is 0 Å². The zero-order valence-electron chi connectivity index (χ0n) is 4.54. The van der Waals surface area contributed by atoms with Crippen LogP contribution in [0.4, 0.5) is 0 Å². The molecule has 0 saturated carbocycles. The molecule has 0 aliphatic heterocycles. The summed E-state index contributed by atoms with van der Waals surface area (Å²) >= 11 is 6.16. The smallest absolute Gasteiger partial charge is 0.286 e. The Hall–Kier alpha value is 1.13. The molecule has 0 spiro atoms. The Kier molecular flexibility index (Phi) is 5.48. The average Bonchev–Trinajstić information content (AvgIpc) is 1.89. The minimum absolute atomic E-state index is 0.229. The lowest BCUT2D eigenvalue weighted by molar-refractivity contribution is 0.242. The summed E-state index contributed by atoms with van der Waals surface area (Å²) < 4.78 is 23.4. The molecule has 0 amide bonds. The molecule has 0 aliphatic rings. The van der Waals surface area contributed by atoms with Crippen molar-refractivity contribution in [1.29, 1.82) is 0 Å². The molecule has 1 unspecified atom stereocenters. The van der Waals surface area contributed by atoms with Gasteiger partial charge in [-0.05, 0) is 6.92 Å². The monoisotopic (exact) mass is 286 g/mol. The fourth-order valence-electron chi connectivity index (χ4n) is 0.209. The zero-order chi connectivity index (χ0) is 7.33. The van der Waals surface area contributed by atoms with E-state index in [1.807, 2.05) is 0 Å². The molecule has 0 aromatic rings. The Labute approximate surface area is 72.3 Å². The topological polar surface area (TPSA) is 44.8 Å². The molecule has 1 atom stereocenters. The van der Waals surface area contributed by atoms with Crippen molar-refractivity contribution in [3.8, 4) is 0 Å². The van der Waals surface area contributed by atoms with Crippen LogP contribution in [0.15, 0.2) is 0 Å². The van der Waals surface area contributed by atoms with E-state index in [1.54, 1.807) is 6.92 Å². The van der Waals surface area contributed by atoms with E-state index in [0.29, 0.717) is 0 Å². The molecule has 0 radical (unpaired) electrons. The summed E-state index contributed by atoms with van der Waals surface area (Å²) in [4.78, 5) is 0. The van der Waals surface area contributed by atoms with Crippen LogP contribution < -0.4 is 0 Å². The molecular formula is C2H5ClIO4P. The summed E-state index contributed by atoms with van der Waals surface area (Å²) in [5.41, 5.74) is 0. The molecule has 7 heteroatoms. The molecule has 0 aromatic carbocycles. The van der Waals surface area contributed by atoms with Crippen LogP contribution in [-0.2, 0) is 16.0 Å². The second kappa shape index (κ2) is 4.87. The van der Waals surface area contributed by atoms with Gasteiger partial charge in [0.1, 0.15) is 23.0 Å². The van der Waals surface area contributed by atoms with Gasteiger partial charge < -0.3 is 0 Å². The van der Waals surface area contributed by atoms with E-state index in [-0.39, 0.29) is 6.61 Å². The lowest BCUT2D eigenvalue weighted by Gasteiger charge is -2.06. The van der Waals surface area contributed by atoms with Gasteiger partial charge in [-0.3, -0.25) is 4.52 Å². The second-order valence-electron chi connectivity index (χ2n) is 1.00. The van der Waals surface area contributed by atoms with E-state index in [1.165, 1.54) is 23.0 Å². The highest BCUT2D eigenvalue weighted by atomic mass is 127. The number of hydrogen-bond acceptors (Lipinski definition) is 4. The van der Waals surface area contributed by atoms with Crippen molar-refractivity contribution < 1.29 is 16.0 Å². The summed E-state index contributed by atoms with van der Waals surface area (Å²) in [7, 11) is -3.43. The third-order valence-electron chi connectivity index (χ3n) is 0.456. The van der Waals surface area contributed by atoms with Crippen molar-refractivity contribution in [3.63, 3.8) is 0 Å². The Balaban J connectivity index is 3.78. The number of hydrogen-bond donors (Lipinski definition) is 0. The number of phosphoric acid groups is 1. The first-order valence-electron chi connectivity index (χ1n) is 2.03. The van der Waals surface area contributed by atoms with Crippen LogP contribution in [0.3, 0.4) is 0 Å². The summed E-state index contributed by atoms with van der Waals surface area (Å²) in [6.07, 6.45) is 0. The Morgan fingerprint density at radius 3 is 2.44 bits per heavy atom. The average molecular weight is 286 g/mol. The molecule has 0 aliphatic carbocycles. The number of halogens is 2. The quantitative estimate of drug-likeness (QED) is 0.589. The lowest BCUT2D eigenvalue weighted by atomic mass is 10.9. The number of rotatable bonds is 4. The standard InChI is InChI=1S/C2H5ClIO4P/c1-2-6-9(5,7-3)8-4/h2H2,1H3. The highest BCUT2D eigenvalue weighted by molar-refractivity contribution is 14.1. The van der Waals surface area contributed by atoms with Crippen molar-refractivity contribution in [2.45, 2.75) is 6.92 Å².